The Hall–Kier alpha value is -1.36. The van der Waals surface area contributed by atoms with Crippen LogP contribution in [0.4, 0.5) is 5.69 Å². The molecule has 5 heteroatoms. The first-order valence-corrected chi connectivity index (χ1v) is 6.17. The van der Waals surface area contributed by atoms with Crippen molar-refractivity contribution in [2.75, 3.05) is 5.32 Å². The van der Waals surface area contributed by atoms with Gasteiger partial charge >= 0.3 is 0 Å². The molecule has 0 aromatic carbocycles. The SMILES string of the molecule is CC(C)n1cc(NC(=O)C2CCC(N)C2)cn1. The van der Waals surface area contributed by atoms with Crippen LogP contribution in [0.1, 0.15) is 39.2 Å². The van der Waals surface area contributed by atoms with Gasteiger partial charge in [0.2, 0.25) is 5.91 Å². The lowest BCUT2D eigenvalue weighted by Crippen LogP contribution is -2.23. The minimum Gasteiger partial charge on any atom is -0.328 e. The van der Waals surface area contributed by atoms with Gasteiger partial charge in [0.15, 0.2) is 0 Å². The van der Waals surface area contributed by atoms with Crippen LogP contribution in [0.2, 0.25) is 0 Å². The minimum absolute atomic E-state index is 0.0624. The molecule has 1 aliphatic rings. The number of anilines is 1. The lowest BCUT2D eigenvalue weighted by Gasteiger charge is -2.09. The summed E-state index contributed by atoms with van der Waals surface area (Å²) < 4.78 is 1.83. The summed E-state index contributed by atoms with van der Waals surface area (Å²) >= 11 is 0. The standard InChI is InChI=1S/C12H20N4O/c1-8(2)16-7-11(6-14-16)15-12(17)9-3-4-10(13)5-9/h6-10H,3-5,13H2,1-2H3,(H,15,17). The molecule has 1 aromatic rings. The van der Waals surface area contributed by atoms with Crippen LogP contribution in [0.15, 0.2) is 12.4 Å². The van der Waals surface area contributed by atoms with Crippen LogP contribution in [-0.4, -0.2) is 21.7 Å². The van der Waals surface area contributed by atoms with Crippen LogP contribution >= 0.6 is 0 Å². The minimum atomic E-state index is 0.0624. The van der Waals surface area contributed by atoms with Gasteiger partial charge in [-0.15, -0.1) is 0 Å². The van der Waals surface area contributed by atoms with E-state index in [1.807, 2.05) is 10.9 Å². The van der Waals surface area contributed by atoms with Crippen molar-refractivity contribution in [3.8, 4) is 0 Å². The fourth-order valence-corrected chi connectivity index (χ4v) is 2.18. The van der Waals surface area contributed by atoms with Gasteiger partial charge in [-0.2, -0.15) is 5.10 Å². The molecule has 5 nitrogen and oxygen atoms in total. The van der Waals surface area contributed by atoms with Gasteiger partial charge in [0, 0.05) is 24.2 Å². The molecule has 2 unspecified atom stereocenters. The Morgan fingerprint density at radius 3 is 2.88 bits per heavy atom. The van der Waals surface area contributed by atoms with Gasteiger partial charge in [-0.3, -0.25) is 9.48 Å². The van der Waals surface area contributed by atoms with Gasteiger partial charge in [-0.05, 0) is 33.1 Å². The molecule has 1 heterocycles. The second-order valence-corrected chi connectivity index (χ2v) is 5.06. The van der Waals surface area contributed by atoms with Crippen LogP contribution in [0.5, 0.6) is 0 Å². The molecule has 0 bridgehead atoms. The average molecular weight is 236 g/mol. The molecule has 94 valence electrons. The van der Waals surface area contributed by atoms with Crippen molar-refractivity contribution in [2.45, 2.75) is 45.2 Å². The van der Waals surface area contributed by atoms with Crippen LogP contribution in [0.3, 0.4) is 0 Å². The first-order chi connectivity index (χ1) is 8.06. The molecule has 1 aliphatic carbocycles. The van der Waals surface area contributed by atoms with E-state index in [-0.39, 0.29) is 17.9 Å². The van der Waals surface area contributed by atoms with E-state index in [2.05, 4.69) is 24.3 Å². The molecule has 2 rings (SSSR count). The van der Waals surface area contributed by atoms with Gasteiger partial charge in [-0.25, -0.2) is 0 Å². The quantitative estimate of drug-likeness (QED) is 0.836. The summed E-state index contributed by atoms with van der Waals surface area (Å²) in [5, 5.41) is 7.09. The fourth-order valence-electron chi connectivity index (χ4n) is 2.18. The molecule has 0 aliphatic heterocycles. The number of nitrogens with two attached hydrogens (primary N) is 1. The van der Waals surface area contributed by atoms with Gasteiger partial charge in [0.25, 0.3) is 0 Å². The van der Waals surface area contributed by atoms with Crippen LogP contribution < -0.4 is 11.1 Å². The molecule has 2 atom stereocenters. The lowest BCUT2D eigenvalue weighted by molar-refractivity contribution is -0.119. The molecule has 1 amide bonds. The first kappa shape index (κ1) is 12.1. The van der Waals surface area contributed by atoms with Crippen molar-refractivity contribution in [1.82, 2.24) is 9.78 Å². The highest BCUT2D eigenvalue weighted by molar-refractivity contribution is 5.92. The third kappa shape index (κ3) is 2.85. The van der Waals surface area contributed by atoms with Gasteiger partial charge in [0.05, 0.1) is 11.9 Å². The zero-order valence-electron chi connectivity index (χ0n) is 10.4. The zero-order valence-corrected chi connectivity index (χ0v) is 10.4. The number of amides is 1. The second kappa shape index (κ2) is 4.87. The summed E-state index contributed by atoms with van der Waals surface area (Å²) in [5.41, 5.74) is 6.57. The monoisotopic (exact) mass is 236 g/mol. The van der Waals surface area contributed by atoms with E-state index >= 15 is 0 Å². The zero-order chi connectivity index (χ0) is 12.4. The Bertz CT molecular complexity index is 399. The van der Waals surface area contributed by atoms with Crippen LogP contribution in [0.25, 0.3) is 0 Å². The third-order valence-electron chi connectivity index (χ3n) is 3.24. The molecule has 1 aromatic heterocycles. The molecule has 1 saturated carbocycles. The molecule has 17 heavy (non-hydrogen) atoms. The predicted molar refractivity (Wildman–Crippen MR) is 66.6 cm³/mol. The van der Waals surface area contributed by atoms with Gasteiger partial charge in [-0.1, -0.05) is 0 Å². The second-order valence-electron chi connectivity index (χ2n) is 5.06. The normalized spacial score (nSPS) is 24.2. The number of carbonyl (C=O) groups is 1. The molecule has 1 fully saturated rings. The fraction of sp³-hybridized carbons (Fsp3) is 0.667. The molecular formula is C12H20N4O. The maximum Gasteiger partial charge on any atom is 0.227 e. The maximum atomic E-state index is 11.9. The topological polar surface area (TPSA) is 72.9 Å². The number of carbonyl (C=O) groups excluding carboxylic acids is 1. The van der Waals surface area contributed by atoms with Gasteiger partial charge < -0.3 is 11.1 Å². The summed E-state index contributed by atoms with van der Waals surface area (Å²) in [6, 6.07) is 0.490. The van der Waals surface area contributed by atoms with Crippen molar-refractivity contribution in [3.63, 3.8) is 0 Å². The largest absolute Gasteiger partial charge is 0.328 e. The molecule has 3 N–H and O–H groups in total. The summed E-state index contributed by atoms with van der Waals surface area (Å²) in [5.74, 6) is 0.133. The Balaban J connectivity index is 1.93. The van der Waals surface area contributed by atoms with E-state index in [0.717, 1.165) is 24.9 Å². The molecular weight excluding hydrogens is 216 g/mol. The van der Waals surface area contributed by atoms with E-state index < -0.39 is 0 Å². The number of rotatable bonds is 3. The Kier molecular flexibility index (Phi) is 3.47. The van der Waals surface area contributed by atoms with Crippen molar-refractivity contribution >= 4 is 11.6 Å². The Morgan fingerprint density at radius 2 is 2.35 bits per heavy atom. The Morgan fingerprint density at radius 1 is 1.59 bits per heavy atom. The molecule has 0 saturated heterocycles. The van der Waals surface area contributed by atoms with Gasteiger partial charge in [0.1, 0.15) is 0 Å². The Labute approximate surface area is 101 Å². The predicted octanol–water partition coefficient (Wildman–Crippen LogP) is 1.53. The smallest absolute Gasteiger partial charge is 0.227 e. The van der Waals surface area contributed by atoms with Crippen molar-refractivity contribution in [2.24, 2.45) is 11.7 Å². The van der Waals surface area contributed by atoms with E-state index in [1.165, 1.54) is 0 Å². The average Bonchev–Trinajstić information content (AvgIpc) is 2.86. The third-order valence-corrected chi connectivity index (χ3v) is 3.24. The van der Waals surface area contributed by atoms with E-state index in [1.54, 1.807) is 6.20 Å². The summed E-state index contributed by atoms with van der Waals surface area (Å²) in [7, 11) is 0. The molecule has 0 radical (unpaired) electrons. The number of hydrogen-bond donors (Lipinski definition) is 2. The lowest BCUT2D eigenvalue weighted by atomic mass is 10.1. The van der Waals surface area contributed by atoms with Crippen LogP contribution in [0, 0.1) is 5.92 Å². The number of aromatic nitrogens is 2. The van der Waals surface area contributed by atoms with E-state index in [4.69, 9.17) is 5.73 Å². The van der Waals surface area contributed by atoms with Crippen molar-refractivity contribution in [3.05, 3.63) is 12.4 Å². The van der Waals surface area contributed by atoms with E-state index in [9.17, 15) is 4.79 Å². The van der Waals surface area contributed by atoms with Crippen molar-refractivity contribution < 1.29 is 4.79 Å². The highest BCUT2D eigenvalue weighted by atomic mass is 16.1. The highest BCUT2D eigenvalue weighted by Crippen LogP contribution is 2.25. The van der Waals surface area contributed by atoms with Crippen molar-refractivity contribution in [1.29, 1.82) is 0 Å². The number of nitrogens with zero attached hydrogens (tertiary/aromatic N) is 2. The maximum absolute atomic E-state index is 11.9. The van der Waals surface area contributed by atoms with E-state index in [0.29, 0.717) is 6.04 Å². The first-order valence-electron chi connectivity index (χ1n) is 6.17. The molecule has 0 spiro atoms. The summed E-state index contributed by atoms with van der Waals surface area (Å²) in [4.78, 5) is 11.9. The summed E-state index contributed by atoms with van der Waals surface area (Å²) in [6.07, 6.45) is 6.18. The highest BCUT2D eigenvalue weighted by Gasteiger charge is 2.27. The number of hydrogen-bond acceptors (Lipinski definition) is 3. The van der Waals surface area contributed by atoms with Crippen LogP contribution in [-0.2, 0) is 4.79 Å². The number of nitrogens with one attached hydrogen (secondary N) is 1. The summed E-state index contributed by atoms with van der Waals surface area (Å²) in [6.45, 7) is 4.10.